The van der Waals surface area contributed by atoms with Crippen LogP contribution in [-0.4, -0.2) is 13.2 Å². The zero-order chi connectivity index (χ0) is 14.7. The highest BCUT2D eigenvalue weighted by atomic mass is 79.9. The first kappa shape index (κ1) is 15.4. The fourth-order valence-corrected chi connectivity index (χ4v) is 3.48. The molecule has 1 aromatic carbocycles. The lowest BCUT2D eigenvalue weighted by atomic mass is 10.1. The number of thiophene rings is 1. The molecule has 2 rings (SSSR count). The van der Waals surface area contributed by atoms with E-state index in [0.717, 1.165) is 20.0 Å². The molecule has 0 aliphatic rings. The molecule has 2 atom stereocenters. The highest BCUT2D eigenvalue weighted by Gasteiger charge is 2.21. The second-order valence-electron chi connectivity index (χ2n) is 4.69. The number of halogens is 1. The molecule has 20 heavy (non-hydrogen) atoms. The molecule has 2 N–H and O–H groups in total. The van der Waals surface area contributed by atoms with Gasteiger partial charge >= 0.3 is 0 Å². The Morgan fingerprint density at radius 2 is 1.95 bits per heavy atom. The van der Waals surface area contributed by atoms with Gasteiger partial charge in [-0.2, -0.15) is 0 Å². The van der Waals surface area contributed by atoms with E-state index in [1.165, 1.54) is 0 Å². The summed E-state index contributed by atoms with van der Waals surface area (Å²) in [5.41, 5.74) is 7.20. The Hall–Kier alpha value is -1.04. The molecular formula is C15H18BrNO2S. The first-order valence-electron chi connectivity index (χ1n) is 6.33. The predicted molar refractivity (Wildman–Crippen MR) is 86.8 cm³/mol. The summed E-state index contributed by atoms with van der Waals surface area (Å²) in [6.45, 7) is 3.96. The molecule has 0 saturated heterocycles. The van der Waals surface area contributed by atoms with Gasteiger partial charge in [0.2, 0.25) is 0 Å². The molecule has 0 spiro atoms. The fourth-order valence-electron chi connectivity index (χ4n) is 1.91. The summed E-state index contributed by atoms with van der Waals surface area (Å²) < 4.78 is 12.5. The van der Waals surface area contributed by atoms with Crippen LogP contribution in [0.15, 0.2) is 34.1 Å². The lowest BCUT2D eigenvalue weighted by molar-refractivity contribution is 0.176. The molecule has 0 radical (unpaired) electrons. The van der Waals surface area contributed by atoms with Gasteiger partial charge in [0.25, 0.3) is 0 Å². The zero-order valence-corrected chi connectivity index (χ0v) is 14.1. The van der Waals surface area contributed by atoms with Gasteiger partial charge in [-0.05, 0) is 59.6 Å². The maximum Gasteiger partial charge on any atom is 0.162 e. The lowest BCUT2D eigenvalue weighted by Crippen LogP contribution is -2.28. The number of ether oxygens (including phenoxy) is 2. The number of benzene rings is 1. The summed E-state index contributed by atoms with van der Waals surface area (Å²) in [6, 6.07) is 9.80. The number of hydrogen-bond acceptors (Lipinski definition) is 4. The third-order valence-corrected chi connectivity index (χ3v) is 4.61. The SMILES string of the molecule is COc1cc(C)ccc1OC(c1ccc(Br)s1)C(C)N. The highest BCUT2D eigenvalue weighted by Crippen LogP contribution is 2.36. The van der Waals surface area contributed by atoms with Gasteiger partial charge in [0.1, 0.15) is 6.10 Å². The van der Waals surface area contributed by atoms with Crippen molar-refractivity contribution in [3.8, 4) is 11.5 Å². The predicted octanol–water partition coefficient (Wildman–Crippen LogP) is 4.29. The molecule has 3 nitrogen and oxygen atoms in total. The molecule has 108 valence electrons. The van der Waals surface area contributed by atoms with E-state index in [4.69, 9.17) is 15.2 Å². The standard InChI is InChI=1S/C15H18BrNO2S/c1-9-4-5-11(12(8-9)18-3)19-15(10(2)17)13-6-7-14(16)20-13/h4-8,10,15H,17H2,1-3H3. The van der Waals surface area contributed by atoms with Crippen LogP contribution in [0.4, 0.5) is 0 Å². The number of rotatable bonds is 5. The molecule has 1 aromatic heterocycles. The second kappa shape index (κ2) is 6.61. The molecule has 2 unspecified atom stereocenters. The van der Waals surface area contributed by atoms with E-state index >= 15 is 0 Å². The van der Waals surface area contributed by atoms with Gasteiger partial charge in [-0.15, -0.1) is 11.3 Å². The molecule has 0 saturated carbocycles. The summed E-state index contributed by atoms with van der Waals surface area (Å²) in [5.74, 6) is 1.44. The highest BCUT2D eigenvalue weighted by molar-refractivity contribution is 9.11. The van der Waals surface area contributed by atoms with Crippen LogP contribution in [0.5, 0.6) is 11.5 Å². The quantitative estimate of drug-likeness (QED) is 0.869. The van der Waals surface area contributed by atoms with Gasteiger partial charge in [-0.1, -0.05) is 6.07 Å². The summed E-state index contributed by atoms with van der Waals surface area (Å²) in [6.07, 6.45) is -0.192. The number of hydrogen-bond donors (Lipinski definition) is 1. The smallest absolute Gasteiger partial charge is 0.162 e. The minimum absolute atomic E-state index is 0.119. The van der Waals surface area contributed by atoms with E-state index in [2.05, 4.69) is 15.9 Å². The molecule has 5 heteroatoms. The van der Waals surface area contributed by atoms with Crippen molar-refractivity contribution in [1.82, 2.24) is 0 Å². The van der Waals surface area contributed by atoms with E-state index in [1.54, 1.807) is 18.4 Å². The first-order valence-corrected chi connectivity index (χ1v) is 7.94. The third kappa shape index (κ3) is 3.53. The molecular weight excluding hydrogens is 338 g/mol. The van der Waals surface area contributed by atoms with Gasteiger partial charge in [0, 0.05) is 10.9 Å². The van der Waals surface area contributed by atoms with Gasteiger partial charge in [-0.25, -0.2) is 0 Å². The maximum atomic E-state index is 6.09. The Morgan fingerprint density at radius 1 is 1.20 bits per heavy atom. The van der Waals surface area contributed by atoms with Crippen LogP contribution in [0.25, 0.3) is 0 Å². The second-order valence-corrected chi connectivity index (χ2v) is 7.19. The van der Waals surface area contributed by atoms with Gasteiger partial charge in [-0.3, -0.25) is 0 Å². The molecule has 0 bridgehead atoms. The zero-order valence-electron chi connectivity index (χ0n) is 11.7. The molecule has 0 amide bonds. The average molecular weight is 356 g/mol. The monoisotopic (exact) mass is 355 g/mol. The van der Waals surface area contributed by atoms with Gasteiger partial charge in [0.05, 0.1) is 10.9 Å². The van der Waals surface area contributed by atoms with Crippen molar-refractivity contribution < 1.29 is 9.47 Å². The minimum atomic E-state index is -0.192. The molecule has 0 fully saturated rings. The summed E-state index contributed by atoms with van der Waals surface area (Å²) in [7, 11) is 1.64. The van der Waals surface area contributed by atoms with Crippen LogP contribution in [0.2, 0.25) is 0 Å². The molecule has 0 aliphatic carbocycles. The largest absolute Gasteiger partial charge is 0.493 e. The number of aryl methyl sites for hydroxylation is 1. The third-order valence-electron chi connectivity index (χ3n) is 2.93. The number of nitrogens with two attached hydrogens (primary N) is 1. The summed E-state index contributed by atoms with van der Waals surface area (Å²) in [5, 5.41) is 0. The Kier molecular flexibility index (Phi) is 5.07. The van der Waals surface area contributed by atoms with E-state index < -0.39 is 0 Å². The molecule has 0 aliphatic heterocycles. The van der Waals surface area contributed by atoms with Crippen molar-refractivity contribution in [2.75, 3.05) is 7.11 Å². The Morgan fingerprint density at radius 3 is 2.50 bits per heavy atom. The summed E-state index contributed by atoms with van der Waals surface area (Å²) in [4.78, 5) is 1.09. The topological polar surface area (TPSA) is 44.5 Å². The Labute approximate surface area is 131 Å². The molecule has 1 heterocycles. The van der Waals surface area contributed by atoms with Gasteiger partial charge < -0.3 is 15.2 Å². The Bertz CT molecular complexity index is 583. The van der Waals surface area contributed by atoms with E-state index in [-0.39, 0.29) is 12.1 Å². The maximum absolute atomic E-state index is 6.09. The van der Waals surface area contributed by atoms with E-state index in [0.29, 0.717) is 5.75 Å². The Balaban J connectivity index is 2.29. The van der Waals surface area contributed by atoms with E-state index in [1.807, 2.05) is 44.2 Å². The summed E-state index contributed by atoms with van der Waals surface area (Å²) >= 11 is 5.10. The van der Waals surface area contributed by atoms with Crippen molar-refractivity contribution >= 4 is 27.3 Å². The average Bonchev–Trinajstić information content (AvgIpc) is 2.83. The lowest BCUT2D eigenvalue weighted by Gasteiger charge is -2.22. The van der Waals surface area contributed by atoms with Crippen LogP contribution < -0.4 is 15.2 Å². The van der Waals surface area contributed by atoms with Crippen LogP contribution in [0.3, 0.4) is 0 Å². The van der Waals surface area contributed by atoms with Crippen LogP contribution >= 0.6 is 27.3 Å². The minimum Gasteiger partial charge on any atom is -0.493 e. The normalized spacial score (nSPS) is 13.8. The van der Waals surface area contributed by atoms with Crippen molar-refractivity contribution in [3.05, 3.63) is 44.6 Å². The van der Waals surface area contributed by atoms with Gasteiger partial charge in [0.15, 0.2) is 11.5 Å². The van der Waals surface area contributed by atoms with Crippen molar-refractivity contribution in [1.29, 1.82) is 0 Å². The van der Waals surface area contributed by atoms with E-state index in [9.17, 15) is 0 Å². The molecule has 2 aromatic rings. The van der Waals surface area contributed by atoms with Crippen molar-refractivity contribution in [2.45, 2.75) is 26.0 Å². The first-order chi connectivity index (χ1) is 9.51. The van der Waals surface area contributed by atoms with Crippen LogP contribution in [0.1, 0.15) is 23.5 Å². The van der Waals surface area contributed by atoms with Crippen molar-refractivity contribution in [2.24, 2.45) is 5.73 Å². The van der Waals surface area contributed by atoms with Crippen LogP contribution in [0, 0.1) is 6.92 Å². The number of methoxy groups -OCH3 is 1. The van der Waals surface area contributed by atoms with Crippen molar-refractivity contribution in [3.63, 3.8) is 0 Å². The fraction of sp³-hybridized carbons (Fsp3) is 0.333. The van der Waals surface area contributed by atoms with Crippen LogP contribution in [-0.2, 0) is 0 Å².